The van der Waals surface area contributed by atoms with Crippen LogP contribution in [0.3, 0.4) is 0 Å². The molecule has 1 heterocycles. The van der Waals surface area contributed by atoms with Crippen LogP contribution in [0.4, 0.5) is 5.69 Å². The van der Waals surface area contributed by atoms with Crippen molar-refractivity contribution >= 4 is 28.3 Å². The minimum absolute atomic E-state index is 0.0666. The minimum atomic E-state index is -0.487. The molecule has 3 aromatic rings. The fraction of sp³-hybridized carbons (Fsp3) is 0.182. The summed E-state index contributed by atoms with van der Waals surface area (Å²) in [7, 11) is 1.58. The molecule has 0 aliphatic carbocycles. The van der Waals surface area contributed by atoms with Crippen LogP contribution in [-0.4, -0.2) is 25.5 Å². The molecule has 0 aromatic heterocycles. The molecule has 0 radical (unpaired) electrons. The Hall–Kier alpha value is -3.34. The summed E-state index contributed by atoms with van der Waals surface area (Å²) in [6.07, 6.45) is 0.151. The summed E-state index contributed by atoms with van der Waals surface area (Å²) in [6.45, 7) is 0.321. The molecule has 136 valence electrons. The quantitative estimate of drug-likeness (QED) is 0.524. The van der Waals surface area contributed by atoms with Crippen molar-refractivity contribution in [2.45, 2.75) is 6.42 Å². The van der Waals surface area contributed by atoms with Gasteiger partial charge in [-0.1, -0.05) is 36.4 Å². The first-order chi connectivity index (χ1) is 13.2. The van der Waals surface area contributed by atoms with Gasteiger partial charge in [0.15, 0.2) is 0 Å². The van der Waals surface area contributed by atoms with Crippen LogP contribution in [0.5, 0.6) is 11.5 Å². The second-order valence-electron chi connectivity index (χ2n) is 6.50. The van der Waals surface area contributed by atoms with Gasteiger partial charge < -0.3 is 14.4 Å². The first-order valence-electron chi connectivity index (χ1n) is 8.79. The highest BCUT2D eigenvalue weighted by Crippen LogP contribution is 2.32. The molecule has 1 aliphatic heterocycles. The monoisotopic (exact) mass is 361 g/mol. The number of fused-ring (bicyclic) bond motifs is 1. The van der Waals surface area contributed by atoms with Crippen LogP contribution in [0, 0.1) is 5.92 Å². The molecule has 0 N–H and O–H groups in total. The molecular weight excluding hydrogens is 342 g/mol. The van der Waals surface area contributed by atoms with Gasteiger partial charge in [0.25, 0.3) is 0 Å². The highest BCUT2D eigenvalue weighted by atomic mass is 16.5. The molecule has 4 rings (SSSR count). The van der Waals surface area contributed by atoms with Crippen LogP contribution in [0.2, 0.25) is 0 Å². The fourth-order valence-corrected chi connectivity index (χ4v) is 3.39. The lowest BCUT2D eigenvalue weighted by Crippen LogP contribution is -2.27. The standard InChI is InChI=1S/C22H19NO4/c1-26-17-9-11-18(12-10-17)27-22(25)16-13-21(24)23(14-16)20-8-4-6-15-5-2-3-7-19(15)20/h2-12,16H,13-14H2,1H3/t16-/m1/s1. The number of ether oxygens (including phenoxy) is 2. The van der Waals surface area contributed by atoms with E-state index in [0.717, 1.165) is 16.5 Å². The van der Waals surface area contributed by atoms with Gasteiger partial charge in [-0.2, -0.15) is 0 Å². The summed E-state index contributed by atoms with van der Waals surface area (Å²) < 4.78 is 10.5. The van der Waals surface area contributed by atoms with Crippen molar-refractivity contribution in [2.75, 3.05) is 18.6 Å². The summed E-state index contributed by atoms with van der Waals surface area (Å²) in [5, 5.41) is 2.06. The molecule has 5 nitrogen and oxygen atoms in total. The topological polar surface area (TPSA) is 55.8 Å². The van der Waals surface area contributed by atoms with Crippen molar-refractivity contribution in [3.63, 3.8) is 0 Å². The Morgan fingerprint density at radius 2 is 1.67 bits per heavy atom. The van der Waals surface area contributed by atoms with E-state index in [9.17, 15) is 9.59 Å². The third kappa shape index (κ3) is 3.36. The number of carbonyl (C=O) groups is 2. The van der Waals surface area contributed by atoms with E-state index in [1.807, 2.05) is 42.5 Å². The Bertz CT molecular complexity index is 991. The maximum absolute atomic E-state index is 12.6. The van der Waals surface area contributed by atoms with Crippen molar-refractivity contribution < 1.29 is 19.1 Å². The zero-order valence-electron chi connectivity index (χ0n) is 14.9. The van der Waals surface area contributed by atoms with Crippen LogP contribution in [-0.2, 0) is 9.59 Å². The second kappa shape index (κ2) is 7.11. The van der Waals surface area contributed by atoms with Gasteiger partial charge in [-0.25, -0.2) is 0 Å². The molecule has 0 unspecified atom stereocenters. The van der Waals surface area contributed by atoms with Crippen molar-refractivity contribution in [2.24, 2.45) is 5.92 Å². The van der Waals surface area contributed by atoms with E-state index in [1.165, 1.54) is 0 Å². The van der Waals surface area contributed by atoms with E-state index in [1.54, 1.807) is 36.3 Å². The zero-order chi connectivity index (χ0) is 18.8. The van der Waals surface area contributed by atoms with Crippen LogP contribution in [0.25, 0.3) is 10.8 Å². The average molecular weight is 361 g/mol. The van der Waals surface area contributed by atoms with E-state index in [-0.39, 0.29) is 12.3 Å². The molecule has 0 saturated carbocycles. The van der Waals surface area contributed by atoms with Crippen molar-refractivity contribution in [1.29, 1.82) is 0 Å². The number of rotatable bonds is 4. The number of benzene rings is 3. The molecule has 1 saturated heterocycles. The molecular formula is C22H19NO4. The maximum atomic E-state index is 12.6. The summed E-state index contributed by atoms with van der Waals surface area (Å²) >= 11 is 0. The van der Waals surface area contributed by atoms with E-state index in [2.05, 4.69) is 0 Å². The molecule has 1 amide bonds. The smallest absolute Gasteiger partial charge is 0.316 e. The predicted molar refractivity (Wildman–Crippen MR) is 103 cm³/mol. The van der Waals surface area contributed by atoms with Gasteiger partial charge in [0.1, 0.15) is 11.5 Å². The Kier molecular flexibility index (Phi) is 4.50. The summed E-state index contributed by atoms with van der Waals surface area (Å²) in [5.41, 5.74) is 0.831. The normalized spacial score (nSPS) is 16.6. The van der Waals surface area contributed by atoms with Gasteiger partial charge in [0, 0.05) is 18.4 Å². The highest BCUT2D eigenvalue weighted by Gasteiger charge is 2.36. The minimum Gasteiger partial charge on any atom is -0.497 e. The average Bonchev–Trinajstić information content (AvgIpc) is 3.10. The van der Waals surface area contributed by atoms with E-state index < -0.39 is 11.9 Å². The summed E-state index contributed by atoms with van der Waals surface area (Å²) in [6, 6.07) is 20.6. The van der Waals surface area contributed by atoms with Crippen molar-refractivity contribution in [1.82, 2.24) is 0 Å². The third-order valence-corrected chi connectivity index (χ3v) is 4.79. The van der Waals surface area contributed by atoms with E-state index in [0.29, 0.717) is 18.0 Å². The van der Waals surface area contributed by atoms with Gasteiger partial charge in [0.05, 0.1) is 18.7 Å². The molecule has 1 aliphatic rings. The summed E-state index contributed by atoms with van der Waals surface area (Å²) in [5.74, 6) is 0.183. The van der Waals surface area contributed by atoms with Gasteiger partial charge in [-0.3, -0.25) is 9.59 Å². The Balaban J connectivity index is 1.52. The predicted octanol–water partition coefficient (Wildman–Crippen LogP) is 3.81. The Labute approximate surface area is 157 Å². The number of methoxy groups -OCH3 is 1. The molecule has 27 heavy (non-hydrogen) atoms. The van der Waals surface area contributed by atoms with E-state index in [4.69, 9.17) is 9.47 Å². The first-order valence-corrected chi connectivity index (χ1v) is 8.79. The zero-order valence-corrected chi connectivity index (χ0v) is 14.9. The van der Waals surface area contributed by atoms with Crippen LogP contribution in [0.1, 0.15) is 6.42 Å². The molecule has 0 bridgehead atoms. The lowest BCUT2D eigenvalue weighted by Gasteiger charge is -2.18. The van der Waals surface area contributed by atoms with Crippen molar-refractivity contribution in [3.05, 3.63) is 66.7 Å². The van der Waals surface area contributed by atoms with Gasteiger partial charge in [-0.15, -0.1) is 0 Å². The number of hydrogen-bond donors (Lipinski definition) is 0. The van der Waals surface area contributed by atoms with Gasteiger partial charge in [-0.05, 0) is 35.7 Å². The van der Waals surface area contributed by atoms with Crippen molar-refractivity contribution in [3.8, 4) is 11.5 Å². The molecule has 3 aromatic carbocycles. The van der Waals surface area contributed by atoms with Crippen LogP contribution >= 0.6 is 0 Å². The third-order valence-electron chi connectivity index (χ3n) is 4.79. The number of nitrogens with zero attached hydrogens (tertiary/aromatic N) is 1. The second-order valence-corrected chi connectivity index (χ2v) is 6.50. The molecule has 0 spiro atoms. The molecule has 1 atom stereocenters. The Morgan fingerprint density at radius 1 is 0.963 bits per heavy atom. The van der Waals surface area contributed by atoms with Crippen LogP contribution in [0.15, 0.2) is 66.7 Å². The van der Waals surface area contributed by atoms with Gasteiger partial charge in [0.2, 0.25) is 5.91 Å². The van der Waals surface area contributed by atoms with Crippen LogP contribution < -0.4 is 14.4 Å². The number of amides is 1. The maximum Gasteiger partial charge on any atom is 0.316 e. The molecule has 5 heteroatoms. The van der Waals surface area contributed by atoms with E-state index >= 15 is 0 Å². The first kappa shape index (κ1) is 17.1. The number of hydrogen-bond acceptors (Lipinski definition) is 4. The number of anilines is 1. The fourth-order valence-electron chi connectivity index (χ4n) is 3.39. The summed E-state index contributed by atoms with van der Waals surface area (Å²) in [4.78, 5) is 26.8. The largest absolute Gasteiger partial charge is 0.497 e. The number of carbonyl (C=O) groups excluding carboxylic acids is 2. The Morgan fingerprint density at radius 3 is 2.44 bits per heavy atom. The lowest BCUT2D eigenvalue weighted by molar-refractivity contribution is -0.139. The molecule has 1 fully saturated rings. The highest BCUT2D eigenvalue weighted by molar-refractivity contribution is 6.06. The van der Waals surface area contributed by atoms with Gasteiger partial charge >= 0.3 is 5.97 Å². The number of esters is 1. The SMILES string of the molecule is COc1ccc(OC(=O)[C@@H]2CC(=O)N(c3cccc4ccccc34)C2)cc1. The lowest BCUT2D eigenvalue weighted by atomic mass is 10.1.